The van der Waals surface area contributed by atoms with Crippen LogP contribution in [0.15, 0.2) is 12.1 Å². The molecular formula is C11H7Cl2F6NO2. The van der Waals surface area contributed by atoms with E-state index in [2.05, 4.69) is 10.1 Å². The third-order valence-corrected chi connectivity index (χ3v) is 2.77. The van der Waals surface area contributed by atoms with Crippen molar-refractivity contribution in [3.05, 3.63) is 22.2 Å². The van der Waals surface area contributed by atoms with E-state index in [-0.39, 0.29) is 10.7 Å². The predicted octanol–water partition coefficient (Wildman–Crippen LogP) is 4.82. The highest BCUT2D eigenvalue weighted by Crippen LogP contribution is 2.41. The molecule has 1 atom stereocenters. The normalized spacial score (nSPS) is 13.7. The van der Waals surface area contributed by atoms with E-state index >= 15 is 0 Å². The summed E-state index contributed by atoms with van der Waals surface area (Å²) < 4.78 is 78.7. The van der Waals surface area contributed by atoms with Gasteiger partial charge in [0.1, 0.15) is 5.75 Å². The van der Waals surface area contributed by atoms with Gasteiger partial charge in [-0.1, -0.05) is 23.2 Å². The molecule has 0 bridgehead atoms. The molecule has 0 aliphatic carbocycles. The quantitative estimate of drug-likeness (QED) is 0.772. The van der Waals surface area contributed by atoms with Crippen LogP contribution < -0.4 is 10.1 Å². The van der Waals surface area contributed by atoms with Crippen LogP contribution in [-0.2, 0) is 4.79 Å². The van der Waals surface area contributed by atoms with Gasteiger partial charge in [0, 0.05) is 13.0 Å². The lowest BCUT2D eigenvalue weighted by atomic mass is 10.3. The number of rotatable bonds is 4. The highest BCUT2D eigenvalue weighted by atomic mass is 35.5. The Morgan fingerprint density at radius 3 is 2.18 bits per heavy atom. The van der Waals surface area contributed by atoms with Gasteiger partial charge in [-0.25, -0.2) is 4.39 Å². The SMILES string of the molecule is CC(=O)Nc1cc(Cl)c(OC(F)(F)C(F)C(F)(F)F)cc1Cl. The molecule has 1 rings (SSSR count). The highest BCUT2D eigenvalue weighted by Gasteiger charge is 2.59. The minimum absolute atomic E-state index is 0.0811. The van der Waals surface area contributed by atoms with Crippen molar-refractivity contribution in [2.24, 2.45) is 0 Å². The molecule has 0 aliphatic rings. The van der Waals surface area contributed by atoms with Crippen LogP contribution in [0.5, 0.6) is 5.75 Å². The molecule has 3 nitrogen and oxygen atoms in total. The van der Waals surface area contributed by atoms with Gasteiger partial charge >= 0.3 is 12.3 Å². The Kier molecular flexibility index (Phi) is 5.45. The van der Waals surface area contributed by atoms with Gasteiger partial charge < -0.3 is 10.1 Å². The molecule has 1 aromatic rings. The molecule has 1 unspecified atom stereocenters. The Bertz CT molecular complexity index is 578. The van der Waals surface area contributed by atoms with Gasteiger partial charge in [-0.05, 0) is 6.07 Å². The molecule has 0 heterocycles. The maximum absolute atomic E-state index is 13.1. The summed E-state index contributed by atoms with van der Waals surface area (Å²) in [5, 5.41) is 1.26. The lowest BCUT2D eigenvalue weighted by Crippen LogP contribution is -2.45. The van der Waals surface area contributed by atoms with Gasteiger partial charge in [-0.3, -0.25) is 4.79 Å². The average molecular weight is 370 g/mol. The molecule has 1 aromatic carbocycles. The number of nitrogens with one attached hydrogen (secondary N) is 1. The van der Waals surface area contributed by atoms with Crippen molar-refractivity contribution in [1.29, 1.82) is 0 Å². The fourth-order valence-electron chi connectivity index (χ4n) is 1.28. The van der Waals surface area contributed by atoms with Crippen molar-refractivity contribution in [1.82, 2.24) is 0 Å². The Hall–Kier alpha value is -1.35. The van der Waals surface area contributed by atoms with Crippen LogP contribution >= 0.6 is 23.2 Å². The van der Waals surface area contributed by atoms with E-state index < -0.39 is 35.1 Å². The number of carbonyl (C=O) groups excluding carboxylic acids is 1. The van der Waals surface area contributed by atoms with E-state index in [1.54, 1.807) is 0 Å². The number of hydrogen-bond acceptors (Lipinski definition) is 2. The van der Waals surface area contributed by atoms with Crippen molar-refractivity contribution in [3.63, 3.8) is 0 Å². The fourth-order valence-corrected chi connectivity index (χ4v) is 1.68. The maximum atomic E-state index is 13.1. The van der Waals surface area contributed by atoms with Crippen molar-refractivity contribution in [2.45, 2.75) is 25.4 Å². The summed E-state index contributed by atoms with van der Waals surface area (Å²) in [7, 11) is 0. The monoisotopic (exact) mass is 369 g/mol. The van der Waals surface area contributed by atoms with E-state index in [1.165, 1.54) is 0 Å². The van der Waals surface area contributed by atoms with E-state index in [0.29, 0.717) is 6.07 Å². The Labute approximate surface area is 130 Å². The minimum atomic E-state index is -5.82. The van der Waals surface area contributed by atoms with Gasteiger partial charge in [0.25, 0.3) is 6.17 Å². The standard InChI is InChI=1S/C11H7Cl2F6NO2/c1-4(21)20-7-2-6(13)8(3-5(7)12)22-11(18,19)9(14)10(15,16)17/h2-3,9H,1H3,(H,20,21). The summed E-state index contributed by atoms with van der Waals surface area (Å²) in [6.07, 6.45) is -15.6. The van der Waals surface area contributed by atoms with Crippen molar-refractivity contribution >= 4 is 34.8 Å². The summed E-state index contributed by atoms with van der Waals surface area (Å²) in [5.41, 5.74) is -0.0811. The number of carbonyl (C=O) groups is 1. The number of alkyl halides is 6. The molecule has 22 heavy (non-hydrogen) atoms. The Morgan fingerprint density at radius 1 is 1.18 bits per heavy atom. The second kappa shape index (κ2) is 6.41. The van der Waals surface area contributed by atoms with E-state index in [1.807, 2.05) is 0 Å². The smallest absolute Gasteiger partial charge is 0.428 e. The minimum Gasteiger partial charge on any atom is -0.428 e. The number of amides is 1. The number of halogens is 8. The van der Waals surface area contributed by atoms with Crippen LogP contribution in [0.2, 0.25) is 10.0 Å². The first-order valence-corrected chi connectivity index (χ1v) is 6.14. The average Bonchev–Trinajstić information content (AvgIpc) is 2.32. The summed E-state index contributed by atoms with van der Waals surface area (Å²) >= 11 is 11.2. The molecule has 1 amide bonds. The van der Waals surface area contributed by atoms with Gasteiger partial charge in [0.2, 0.25) is 5.91 Å². The number of hydrogen-bond donors (Lipinski definition) is 1. The summed E-state index contributed by atoms with van der Waals surface area (Å²) in [6, 6.07) is 1.50. The molecule has 124 valence electrons. The third-order valence-electron chi connectivity index (χ3n) is 2.16. The topological polar surface area (TPSA) is 38.3 Å². The molecule has 0 radical (unpaired) electrons. The molecule has 0 spiro atoms. The van der Waals surface area contributed by atoms with Crippen molar-refractivity contribution in [3.8, 4) is 5.75 Å². The molecule has 1 N–H and O–H groups in total. The summed E-state index contributed by atoms with van der Waals surface area (Å²) in [6.45, 7) is 1.12. The van der Waals surface area contributed by atoms with Crippen LogP contribution in [-0.4, -0.2) is 24.4 Å². The molecule has 0 saturated carbocycles. The first-order chi connectivity index (χ1) is 9.84. The Balaban J connectivity index is 3.08. The molecule has 0 saturated heterocycles. The zero-order valence-electron chi connectivity index (χ0n) is 10.6. The van der Waals surface area contributed by atoms with Crippen molar-refractivity contribution < 1.29 is 35.9 Å². The summed E-state index contributed by atoms with van der Waals surface area (Å²) in [5.74, 6) is -1.53. The highest BCUT2D eigenvalue weighted by molar-refractivity contribution is 6.36. The number of benzene rings is 1. The van der Waals surface area contributed by atoms with Crippen LogP contribution in [0.1, 0.15) is 6.92 Å². The second-order valence-electron chi connectivity index (χ2n) is 4.01. The second-order valence-corrected chi connectivity index (χ2v) is 4.83. The zero-order chi connectivity index (χ0) is 17.3. The molecule has 0 aliphatic heterocycles. The fraction of sp³-hybridized carbons (Fsp3) is 0.364. The predicted molar refractivity (Wildman–Crippen MR) is 67.3 cm³/mol. The van der Waals surface area contributed by atoms with Gasteiger partial charge in [0.15, 0.2) is 0 Å². The molecule has 0 fully saturated rings. The third kappa shape index (κ3) is 4.57. The lowest BCUT2D eigenvalue weighted by molar-refractivity contribution is -0.304. The van der Waals surface area contributed by atoms with E-state index in [4.69, 9.17) is 23.2 Å². The van der Waals surface area contributed by atoms with E-state index in [9.17, 15) is 31.1 Å². The van der Waals surface area contributed by atoms with Crippen molar-refractivity contribution in [2.75, 3.05) is 5.32 Å². The van der Waals surface area contributed by atoms with Gasteiger partial charge in [-0.2, -0.15) is 22.0 Å². The first kappa shape index (κ1) is 18.7. The van der Waals surface area contributed by atoms with Gasteiger partial charge in [-0.15, -0.1) is 0 Å². The largest absolute Gasteiger partial charge is 0.439 e. The molecule has 11 heteroatoms. The van der Waals surface area contributed by atoms with Crippen LogP contribution in [0.25, 0.3) is 0 Å². The zero-order valence-corrected chi connectivity index (χ0v) is 12.1. The van der Waals surface area contributed by atoms with Crippen LogP contribution in [0.3, 0.4) is 0 Å². The summed E-state index contributed by atoms with van der Waals surface area (Å²) in [4.78, 5) is 10.9. The Morgan fingerprint density at radius 2 is 1.73 bits per heavy atom. The van der Waals surface area contributed by atoms with E-state index in [0.717, 1.165) is 13.0 Å². The van der Waals surface area contributed by atoms with Crippen LogP contribution in [0, 0.1) is 0 Å². The van der Waals surface area contributed by atoms with Gasteiger partial charge in [0.05, 0.1) is 15.7 Å². The van der Waals surface area contributed by atoms with Crippen LogP contribution in [0.4, 0.5) is 32.0 Å². The number of anilines is 1. The lowest BCUT2D eigenvalue weighted by Gasteiger charge is -2.23. The number of ether oxygens (including phenoxy) is 1. The molecular weight excluding hydrogens is 363 g/mol. The maximum Gasteiger partial charge on any atom is 0.439 e. The first-order valence-electron chi connectivity index (χ1n) is 5.39. The molecule has 0 aromatic heterocycles.